The van der Waals surface area contributed by atoms with Gasteiger partial charge in [0.25, 0.3) is 0 Å². The standard InChI is InChI=1S/C27H23FN2O4/c1-32-25-15-21-22(16-26(25)33-2)29-11-9-24(21)34-20-7-8-23-18(14-20)10-12-30(23)27(31)13-17-3-5-19(28)6-4-17/h3-9,11,14-16H,10,12-13H2,1-2H3. The Morgan fingerprint density at radius 2 is 1.74 bits per heavy atom. The zero-order valence-corrected chi connectivity index (χ0v) is 18.9. The van der Waals surface area contributed by atoms with Crippen molar-refractivity contribution in [3.63, 3.8) is 0 Å². The largest absolute Gasteiger partial charge is 0.493 e. The molecule has 0 N–H and O–H groups in total. The second-order valence-corrected chi connectivity index (χ2v) is 8.02. The molecule has 4 aromatic rings. The third kappa shape index (κ3) is 4.12. The molecule has 0 radical (unpaired) electrons. The van der Waals surface area contributed by atoms with Gasteiger partial charge in [-0.05, 0) is 60.0 Å². The van der Waals surface area contributed by atoms with Crippen molar-refractivity contribution in [3.8, 4) is 23.0 Å². The Labute approximate surface area is 196 Å². The van der Waals surface area contributed by atoms with Crippen LogP contribution in [0, 0.1) is 5.82 Å². The number of nitrogens with zero attached hydrogens (tertiary/aromatic N) is 2. The van der Waals surface area contributed by atoms with Crippen molar-refractivity contribution in [3.05, 3.63) is 83.8 Å². The third-order valence-corrected chi connectivity index (χ3v) is 5.95. The molecule has 0 fully saturated rings. The van der Waals surface area contributed by atoms with Gasteiger partial charge in [-0.1, -0.05) is 12.1 Å². The van der Waals surface area contributed by atoms with Crippen molar-refractivity contribution < 1.29 is 23.4 Å². The Morgan fingerprint density at radius 3 is 2.50 bits per heavy atom. The number of amides is 1. The number of hydrogen-bond acceptors (Lipinski definition) is 5. The first kappa shape index (κ1) is 21.7. The first-order valence-corrected chi connectivity index (χ1v) is 10.9. The van der Waals surface area contributed by atoms with Crippen LogP contribution in [0.25, 0.3) is 10.9 Å². The van der Waals surface area contributed by atoms with Crippen molar-refractivity contribution in [1.82, 2.24) is 4.98 Å². The van der Waals surface area contributed by atoms with E-state index in [-0.39, 0.29) is 18.1 Å². The van der Waals surface area contributed by atoms with Gasteiger partial charge in [-0.25, -0.2) is 4.39 Å². The molecule has 172 valence electrons. The monoisotopic (exact) mass is 458 g/mol. The number of carbonyl (C=O) groups is 1. The van der Waals surface area contributed by atoms with Gasteiger partial charge in [-0.15, -0.1) is 0 Å². The summed E-state index contributed by atoms with van der Waals surface area (Å²) in [6.45, 7) is 0.605. The predicted octanol–water partition coefficient (Wildman–Crippen LogP) is 5.32. The summed E-state index contributed by atoms with van der Waals surface area (Å²) in [7, 11) is 3.17. The van der Waals surface area contributed by atoms with Crippen LogP contribution in [-0.2, 0) is 17.6 Å². The fourth-order valence-electron chi connectivity index (χ4n) is 4.24. The maximum atomic E-state index is 13.2. The lowest BCUT2D eigenvalue weighted by Gasteiger charge is -2.18. The van der Waals surface area contributed by atoms with E-state index in [1.165, 1.54) is 12.1 Å². The minimum absolute atomic E-state index is 0.0137. The first-order valence-electron chi connectivity index (χ1n) is 10.9. The lowest BCUT2D eigenvalue weighted by Crippen LogP contribution is -2.30. The minimum Gasteiger partial charge on any atom is -0.493 e. The van der Waals surface area contributed by atoms with Gasteiger partial charge in [0.05, 0.1) is 26.2 Å². The number of rotatable bonds is 6. The number of hydrogen-bond donors (Lipinski definition) is 0. The van der Waals surface area contributed by atoms with E-state index in [4.69, 9.17) is 14.2 Å². The molecule has 0 spiro atoms. The molecule has 0 saturated heterocycles. The fourth-order valence-corrected chi connectivity index (χ4v) is 4.24. The maximum absolute atomic E-state index is 13.2. The molecule has 1 aromatic heterocycles. The van der Waals surface area contributed by atoms with Crippen LogP contribution in [0.4, 0.5) is 10.1 Å². The molecule has 6 nitrogen and oxygen atoms in total. The average Bonchev–Trinajstić information content (AvgIpc) is 3.28. The number of anilines is 1. The second kappa shape index (κ2) is 9.02. The molecular weight excluding hydrogens is 435 g/mol. The number of carbonyl (C=O) groups excluding carboxylic acids is 1. The summed E-state index contributed by atoms with van der Waals surface area (Å²) < 4.78 is 30.2. The minimum atomic E-state index is -0.310. The molecular formula is C27H23FN2O4. The molecule has 0 bridgehead atoms. The molecule has 34 heavy (non-hydrogen) atoms. The predicted molar refractivity (Wildman–Crippen MR) is 128 cm³/mol. The van der Waals surface area contributed by atoms with Crippen LogP contribution >= 0.6 is 0 Å². The molecule has 5 rings (SSSR count). The van der Waals surface area contributed by atoms with E-state index in [1.807, 2.05) is 30.3 Å². The van der Waals surface area contributed by atoms with Crippen molar-refractivity contribution in [1.29, 1.82) is 0 Å². The van der Waals surface area contributed by atoms with Crippen LogP contribution in [0.3, 0.4) is 0 Å². The molecule has 1 amide bonds. The van der Waals surface area contributed by atoms with Gasteiger partial charge in [-0.2, -0.15) is 0 Å². The van der Waals surface area contributed by atoms with Crippen LogP contribution in [0.15, 0.2) is 66.9 Å². The number of methoxy groups -OCH3 is 2. The first-order chi connectivity index (χ1) is 16.6. The van der Waals surface area contributed by atoms with Crippen molar-refractivity contribution >= 4 is 22.5 Å². The van der Waals surface area contributed by atoms with Gasteiger partial charge in [0.15, 0.2) is 11.5 Å². The highest BCUT2D eigenvalue weighted by Crippen LogP contribution is 2.38. The van der Waals surface area contributed by atoms with Gasteiger partial charge in [-0.3, -0.25) is 9.78 Å². The number of benzene rings is 3. The lowest BCUT2D eigenvalue weighted by atomic mass is 10.1. The summed E-state index contributed by atoms with van der Waals surface area (Å²) in [5, 5.41) is 0.803. The van der Waals surface area contributed by atoms with Crippen molar-refractivity contribution in [2.45, 2.75) is 12.8 Å². The zero-order valence-electron chi connectivity index (χ0n) is 18.9. The Balaban J connectivity index is 1.38. The van der Waals surface area contributed by atoms with Crippen LogP contribution in [0.1, 0.15) is 11.1 Å². The SMILES string of the molecule is COc1cc2nccc(Oc3ccc4c(c3)CCN4C(=O)Cc3ccc(F)cc3)c2cc1OC. The van der Waals surface area contributed by atoms with Gasteiger partial charge in [0, 0.05) is 29.9 Å². The Bertz CT molecular complexity index is 1370. The van der Waals surface area contributed by atoms with E-state index in [2.05, 4.69) is 4.98 Å². The van der Waals surface area contributed by atoms with Gasteiger partial charge < -0.3 is 19.1 Å². The zero-order chi connectivity index (χ0) is 23.7. The summed E-state index contributed by atoms with van der Waals surface area (Å²) >= 11 is 0. The van der Waals surface area contributed by atoms with E-state index >= 15 is 0 Å². The maximum Gasteiger partial charge on any atom is 0.231 e. The summed E-state index contributed by atoms with van der Waals surface area (Å²) in [6.07, 6.45) is 2.66. The number of ether oxygens (including phenoxy) is 3. The van der Waals surface area contributed by atoms with E-state index in [0.717, 1.165) is 34.1 Å². The Kier molecular flexibility index (Phi) is 5.76. The summed E-state index contributed by atoms with van der Waals surface area (Å²) in [5.74, 6) is 2.19. The molecule has 2 heterocycles. The highest BCUT2D eigenvalue weighted by molar-refractivity contribution is 5.97. The second-order valence-electron chi connectivity index (χ2n) is 8.02. The van der Waals surface area contributed by atoms with E-state index in [9.17, 15) is 9.18 Å². The molecule has 3 aromatic carbocycles. The summed E-state index contributed by atoms with van der Waals surface area (Å²) in [4.78, 5) is 19.1. The number of pyridine rings is 1. The van der Waals surface area contributed by atoms with Crippen LogP contribution in [-0.4, -0.2) is 31.7 Å². The van der Waals surface area contributed by atoms with E-state index in [0.29, 0.717) is 29.5 Å². The molecule has 7 heteroatoms. The quantitative estimate of drug-likeness (QED) is 0.392. The van der Waals surface area contributed by atoms with E-state index < -0.39 is 0 Å². The topological polar surface area (TPSA) is 60.9 Å². The highest BCUT2D eigenvalue weighted by Gasteiger charge is 2.25. The molecule has 0 atom stereocenters. The lowest BCUT2D eigenvalue weighted by molar-refractivity contribution is -0.117. The molecule has 1 aliphatic rings. The van der Waals surface area contributed by atoms with E-state index in [1.54, 1.807) is 43.5 Å². The molecule has 1 aliphatic heterocycles. The van der Waals surface area contributed by atoms with Crippen molar-refractivity contribution in [2.24, 2.45) is 0 Å². The third-order valence-electron chi connectivity index (χ3n) is 5.95. The number of halogens is 1. The van der Waals surface area contributed by atoms with Crippen LogP contribution in [0.2, 0.25) is 0 Å². The number of aromatic nitrogens is 1. The fraction of sp³-hybridized carbons (Fsp3) is 0.185. The molecule has 0 unspecified atom stereocenters. The van der Waals surface area contributed by atoms with Crippen LogP contribution in [0.5, 0.6) is 23.0 Å². The average molecular weight is 458 g/mol. The van der Waals surface area contributed by atoms with Crippen molar-refractivity contribution in [2.75, 3.05) is 25.7 Å². The normalized spacial score (nSPS) is 12.5. The molecule has 0 saturated carbocycles. The Hall–Kier alpha value is -4.13. The summed E-state index contributed by atoms with van der Waals surface area (Å²) in [6, 6.07) is 17.2. The number of fused-ring (bicyclic) bond motifs is 2. The molecule has 0 aliphatic carbocycles. The van der Waals surface area contributed by atoms with Gasteiger partial charge >= 0.3 is 0 Å². The highest BCUT2D eigenvalue weighted by atomic mass is 19.1. The summed E-state index contributed by atoms with van der Waals surface area (Å²) in [5.41, 5.74) is 3.44. The van der Waals surface area contributed by atoms with Gasteiger partial charge in [0.2, 0.25) is 5.91 Å². The van der Waals surface area contributed by atoms with Crippen LogP contribution < -0.4 is 19.1 Å². The van der Waals surface area contributed by atoms with Gasteiger partial charge in [0.1, 0.15) is 17.3 Å². The Morgan fingerprint density at radius 1 is 0.971 bits per heavy atom. The smallest absolute Gasteiger partial charge is 0.231 e.